The average molecular weight is 297 g/mol. The van der Waals surface area contributed by atoms with Gasteiger partial charge in [0.05, 0.1) is 19.7 Å². The number of anilines is 1. The minimum absolute atomic E-state index is 0.191. The van der Waals surface area contributed by atoms with Gasteiger partial charge in [0.2, 0.25) is 5.28 Å². The Labute approximate surface area is 122 Å². The molecule has 0 fully saturated rings. The fraction of sp³-hybridized carbons (Fsp3) is 0.385. The van der Waals surface area contributed by atoms with Crippen LogP contribution in [0.3, 0.4) is 0 Å². The molecule has 0 aliphatic rings. The maximum Gasteiger partial charge on any atom is 0.224 e. The normalized spacial score (nSPS) is 10.6. The quantitative estimate of drug-likeness (QED) is 0.627. The first-order chi connectivity index (χ1) is 9.69. The largest absolute Gasteiger partial charge is 0.493 e. The van der Waals surface area contributed by atoms with Crippen LogP contribution in [0, 0.1) is 0 Å². The molecule has 0 spiro atoms. The van der Waals surface area contributed by atoms with Crippen LogP contribution >= 0.6 is 11.6 Å². The van der Waals surface area contributed by atoms with Crippen molar-refractivity contribution in [1.82, 2.24) is 15.3 Å². The lowest BCUT2D eigenvalue weighted by atomic mass is 10.2. The van der Waals surface area contributed by atoms with Crippen LogP contribution in [0.1, 0.15) is 0 Å². The number of likely N-dealkylation sites (N-methyl/N-ethyl adjacent to an activating group) is 1. The Morgan fingerprint density at radius 1 is 1.10 bits per heavy atom. The second-order valence-electron chi connectivity index (χ2n) is 4.10. The number of hydrogen-bond acceptors (Lipinski definition) is 6. The number of aromatic nitrogens is 2. The number of halogens is 1. The molecule has 0 saturated heterocycles. The molecule has 0 radical (unpaired) electrons. The van der Waals surface area contributed by atoms with E-state index in [0.29, 0.717) is 22.8 Å². The van der Waals surface area contributed by atoms with Crippen molar-refractivity contribution in [2.75, 3.05) is 39.7 Å². The Morgan fingerprint density at radius 3 is 2.45 bits per heavy atom. The maximum atomic E-state index is 5.96. The van der Waals surface area contributed by atoms with Crippen molar-refractivity contribution in [3.8, 4) is 11.5 Å². The fourth-order valence-electron chi connectivity index (χ4n) is 1.87. The Kier molecular flexibility index (Phi) is 4.81. The number of nitrogens with zero attached hydrogens (tertiary/aromatic N) is 2. The summed E-state index contributed by atoms with van der Waals surface area (Å²) in [7, 11) is 5.06. The van der Waals surface area contributed by atoms with Gasteiger partial charge in [-0.25, -0.2) is 9.97 Å². The highest BCUT2D eigenvalue weighted by molar-refractivity contribution is 6.28. The van der Waals surface area contributed by atoms with Gasteiger partial charge < -0.3 is 20.1 Å². The highest BCUT2D eigenvalue weighted by atomic mass is 35.5. The van der Waals surface area contributed by atoms with E-state index in [0.717, 1.165) is 18.5 Å². The lowest BCUT2D eigenvalue weighted by Gasteiger charge is -2.12. The van der Waals surface area contributed by atoms with Crippen LogP contribution in [-0.2, 0) is 0 Å². The van der Waals surface area contributed by atoms with Gasteiger partial charge in [0.25, 0.3) is 0 Å². The summed E-state index contributed by atoms with van der Waals surface area (Å²) in [5, 5.41) is 7.31. The standard InChI is InChI=1S/C13H17ClN4O2/c1-15-4-5-16-12-8-6-10(19-2)11(20-3)7-9(8)17-13(14)18-12/h6-7,15H,4-5H2,1-3H3,(H,16,17,18). The van der Waals surface area contributed by atoms with E-state index in [1.54, 1.807) is 20.3 Å². The molecule has 2 N–H and O–H groups in total. The van der Waals surface area contributed by atoms with Gasteiger partial charge in [0.1, 0.15) is 5.82 Å². The molecule has 0 saturated carbocycles. The van der Waals surface area contributed by atoms with Crippen LogP contribution in [0.4, 0.5) is 5.82 Å². The van der Waals surface area contributed by atoms with Gasteiger partial charge in [-0.05, 0) is 24.7 Å². The number of benzene rings is 1. The second kappa shape index (κ2) is 6.58. The van der Waals surface area contributed by atoms with Gasteiger partial charge in [0, 0.05) is 24.5 Å². The van der Waals surface area contributed by atoms with E-state index < -0.39 is 0 Å². The molecule has 0 amide bonds. The van der Waals surface area contributed by atoms with Crippen molar-refractivity contribution in [3.63, 3.8) is 0 Å². The van der Waals surface area contributed by atoms with E-state index >= 15 is 0 Å². The molecule has 1 aromatic carbocycles. The number of rotatable bonds is 6. The average Bonchev–Trinajstić information content (AvgIpc) is 2.45. The molecule has 7 heteroatoms. The molecule has 20 heavy (non-hydrogen) atoms. The van der Waals surface area contributed by atoms with Crippen LogP contribution in [0.25, 0.3) is 10.9 Å². The van der Waals surface area contributed by atoms with Crippen molar-refractivity contribution >= 4 is 28.3 Å². The van der Waals surface area contributed by atoms with Gasteiger partial charge in [-0.2, -0.15) is 0 Å². The molecule has 2 rings (SSSR count). The van der Waals surface area contributed by atoms with Crippen LogP contribution in [0.2, 0.25) is 5.28 Å². The van der Waals surface area contributed by atoms with E-state index in [1.165, 1.54) is 0 Å². The van der Waals surface area contributed by atoms with E-state index in [2.05, 4.69) is 20.6 Å². The molecule has 0 aliphatic heterocycles. The summed E-state index contributed by atoms with van der Waals surface area (Å²) in [6, 6.07) is 3.62. The Hall–Kier alpha value is -1.79. The highest BCUT2D eigenvalue weighted by Gasteiger charge is 2.12. The Balaban J connectivity index is 2.50. The summed E-state index contributed by atoms with van der Waals surface area (Å²) < 4.78 is 10.6. The fourth-order valence-corrected chi connectivity index (χ4v) is 2.04. The van der Waals surface area contributed by atoms with Crippen LogP contribution in [0.5, 0.6) is 11.5 Å². The summed E-state index contributed by atoms with van der Waals surface area (Å²) in [5.41, 5.74) is 0.703. The summed E-state index contributed by atoms with van der Waals surface area (Å²) >= 11 is 5.96. The summed E-state index contributed by atoms with van der Waals surface area (Å²) in [4.78, 5) is 8.43. The summed E-state index contributed by atoms with van der Waals surface area (Å²) in [6.45, 7) is 1.55. The number of methoxy groups -OCH3 is 2. The third-order valence-electron chi connectivity index (χ3n) is 2.84. The smallest absolute Gasteiger partial charge is 0.224 e. The molecular formula is C13H17ClN4O2. The van der Waals surface area contributed by atoms with Crippen molar-refractivity contribution < 1.29 is 9.47 Å². The first-order valence-electron chi connectivity index (χ1n) is 6.17. The third-order valence-corrected chi connectivity index (χ3v) is 3.01. The lowest BCUT2D eigenvalue weighted by molar-refractivity contribution is 0.356. The molecule has 0 aliphatic carbocycles. The van der Waals surface area contributed by atoms with Gasteiger partial charge in [-0.3, -0.25) is 0 Å². The number of fused-ring (bicyclic) bond motifs is 1. The van der Waals surface area contributed by atoms with Crippen LogP contribution < -0.4 is 20.1 Å². The van der Waals surface area contributed by atoms with Crippen molar-refractivity contribution in [2.45, 2.75) is 0 Å². The topological polar surface area (TPSA) is 68.3 Å². The Bertz CT molecular complexity index is 606. The molecule has 0 atom stereocenters. The number of ether oxygens (including phenoxy) is 2. The zero-order valence-corrected chi connectivity index (χ0v) is 12.4. The first-order valence-corrected chi connectivity index (χ1v) is 6.55. The molecule has 1 heterocycles. The molecule has 0 bridgehead atoms. The first kappa shape index (κ1) is 14.6. The van der Waals surface area contributed by atoms with Gasteiger partial charge in [-0.1, -0.05) is 0 Å². The predicted octanol–water partition coefficient (Wildman–Crippen LogP) is 1.93. The highest BCUT2D eigenvalue weighted by Crippen LogP contribution is 2.34. The van der Waals surface area contributed by atoms with Crippen LogP contribution in [-0.4, -0.2) is 44.3 Å². The molecule has 2 aromatic rings. The zero-order chi connectivity index (χ0) is 14.5. The zero-order valence-electron chi connectivity index (χ0n) is 11.7. The van der Waals surface area contributed by atoms with E-state index in [-0.39, 0.29) is 5.28 Å². The second-order valence-corrected chi connectivity index (χ2v) is 4.43. The third kappa shape index (κ3) is 3.02. The SMILES string of the molecule is CNCCNc1nc(Cl)nc2cc(OC)c(OC)cc12. The molecule has 0 unspecified atom stereocenters. The monoisotopic (exact) mass is 296 g/mol. The van der Waals surface area contributed by atoms with Crippen LogP contribution in [0.15, 0.2) is 12.1 Å². The van der Waals surface area contributed by atoms with Crippen molar-refractivity contribution in [3.05, 3.63) is 17.4 Å². The van der Waals surface area contributed by atoms with Crippen molar-refractivity contribution in [1.29, 1.82) is 0 Å². The van der Waals surface area contributed by atoms with Gasteiger partial charge in [0.15, 0.2) is 11.5 Å². The molecule has 108 valence electrons. The van der Waals surface area contributed by atoms with Gasteiger partial charge in [-0.15, -0.1) is 0 Å². The summed E-state index contributed by atoms with van der Waals surface area (Å²) in [6.07, 6.45) is 0. The predicted molar refractivity (Wildman–Crippen MR) is 80.1 cm³/mol. The van der Waals surface area contributed by atoms with E-state index in [9.17, 15) is 0 Å². The Morgan fingerprint density at radius 2 is 1.80 bits per heavy atom. The lowest BCUT2D eigenvalue weighted by Crippen LogP contribution is -2.18. The number of nitrogens with one attached hydrogen (secondary N) is 2. The molecule has 1 aromatic heterocycles. The molecular weight excluding hydrogens is 280 g/mol. The van der Waals surface area contributed by atoms with Crippen molar-refractivity contribution in [2.24, 2.45) is 0 Å². The summed E-state index contributed by atoms with van der Waals surface area (Å²) in [5.74, 6) is 1.91. The number of hydrogen-bond donors (Lipinski definition) is 2. The minimum Gasteiger partial charge on any atom is -0.493 e. The van der Waals surface area contributed by atoms with E-state index in [1.807, 2.05) is 13.1 Å². The molecule has 6 nitrogen and oxygen atoms in total. The van der Waals surface area contributed by atoms with E-state index in [4.69, 9.17) is 21.1 Å². The minimum atomic E-state index is 0.191. The maximum absolute atomic E-state index is 5.96. The van der Waals surface area contributed by atoms with Gasteiger partial charge >= 0.3 is 0 Å².